The number of fused-ring (bicyclic) bond motifs is 1. The summed E-state index contributed by atoms with van der Waals surface area (Å²) in [7, 11) is 0. The molecular weight excluding hydrogens is 286 g/mol. The van der Waals surface area contributed by atoms with Crippen LogP contribution in [0.4, 0.5) is 5.69 Å². The lowest BCUT2D eigenvalue weighted by molar-refractivity contribution is 0.0910. The maximum Gasteiger partial charge on any atom is 0.263 e. The Morgan fingerprint density at radius 2 is 2.29 bits per heavy atom. The summed E-state index contributed by atoms with van der Waals surface area (Å²) < 4.78 is 6.39. The summed E-state index contributed by atoms with van der Waals surface area (Å²) in [6, 6.07) is 3.75. The van der Waals surface area contributed by atoms with Gasteiger partial charge in [-0.3, -0.25) is 9.78 Å². The van der Waals surface area contributed by atoms with Gasteiger partial charge >= 0.3 is 0 Å². The average molecular weight is 307 g/mol. The van der Waals surface area contributed by atoms with Crippen LogP contribution in [-0.2, 0) is 4.74 Å². The topological polar surface area (TPSA) is 77.2 Å². The molecule has 0 fully saturated rings. The largest absolute Gasteiger partial charge is 0.396 e. The standard InChI is InChI=1S/C15H21N3O2S/c1-10(2)5-8-20-9-7-18-15(19)14-12(16)13-11(21-14)4-3-6-17-13/h3-4,6,10H,5,7-9,16H2,1-2H3,(H,18,19). The quantitative estimate of drug-likeness (QED) is 0.771. The van der Waals surface area contributed by atoms with Crippen molar-refractivity contribution in [1.82, 2.24) is 10.3 Å². The van der Waals surface area contributed by atoms with Crippen molar-refractivity contribution in [2.24, 2.45) is 5.92 Å². The molecule has 0 saturated heterocycles. The molecule has 0 unspecified atom stereocenters. The van der Waals surface area contributed by atoms with Gasteiger partial charge in [0.15, 0.2) is 0 Å². The number of nitrogens with one attached hydrogen (secondary N) is 1. The van der Waals surface area contributed by atoms with Crippen molar-refractivity contribution < 1.29 is 9.53 Å². The van der Waals surface area contributed by atoms with Crippen molar-refractivity contribution in [3.05, 3.63) is 23.2 Å². The molecule has 0 aliphatic carbocycles. The molecule has 0 spiro atoms. The van der Waals surface area contributed by atoms with E-state index in [9.17, 15) is 4.79 Å². The molecule has 0 aliphatic rings. The Labute approximate surface area is 128 Å². The minimum atomic E-state index is -0.164. The fourth-order valence-electron chi connectivity index (χ4n) is 1.85. The molecule has 0 radical (unpaired) electrons. The van der Waals surface area contributed by atoms with Crippen LogP contribution in [0.3, 0.4) is 0 Å². The highest BCUT2D eigenvalue weighted by Gasteiger charge is 2.16. The first kappa shape index (κ1) is 15.7. The van der Waals surface area contributed by atoms with Crippen LogP contribution in [0.2, 0.25) is 0 Å². The molecule has 2 heterocycles. The predicted molar refractivity (Wildman–Crippen MR) is 86.6 cm³/mol. The average Bonchev–Trinajstić information content (AvgIpc) is 2.80. The molecule has 0 aromatic carbocycles. The summed E-state index contributed by atoms with van der Waals surface area (Å²) in [6.45, 7) is 6.04. The first-order valence-electron chi connectivity index (χ1n) is 7.08. The molecule has 2 aromatic heterocycles. The van der Waals surface area contributed by atoms with E-state index < -0.39 is 0 Å². The number of nitrogens with two attached hydrogens (primary N) is 1. The second kappa shape index (κ2) is 7.38. The van der Waals surface area contributed by atoms with Crippen molar-refractivity contribution in [3.63, 3.8) is 0 Å². The van der Waals surface area contributed by atoms with Crippen LogP contribution in [0.1, 0.15) is 29.9 Å². The van der Waals surface area contributed by atoms with Gasteiger partial charge in [0.05, 0.1) is 17.0 Å². The van der Waals surface area contributed by atoms with E-state index in [0.717, 1.165) is 17.7 Å². The van der Waals surface area contributed by atoms with E-state index in [0.29, 0.717) is 35.2 Å². The Morgan fingerprint density at radius 3 is 3.00 bits per heavy atom. The van der Waals surface area contributed by atoms with Crippen LogP contribution in [0.25, 0.3) is 10.2 Å². The molecular formula is C15H21N3O2S. The molecule has 3 N–H and O–H groups in total. The minimum absolute atomic E-state index is 0.164. The Kier molecular flexibility index (Phi) is 5.52. The highest BCUT2D eigenvalue weighted by molar-refractivity contribution is 7.21. The van der Waals surface area contributed by atoms with Crippen molar-refractivity contribution in [3.8, 4) is 0 Å². The minimum Gasteiger partial charge on any atom is -0.396 e. The van der Waals surface area contributed by atoms with Gasteiger partial charge in [0.25, 0.3) is 5.91 Å². The maximum absolute atomic E-state index is 12.1. The van der Waals surface area contributed by atoms with Gasteiger partial charge in [-0.2, -0.15) is 0 Å². The van der Waals surface area contributed by atoms with Gasteiger partial charge in [0.1, 0.15) is 10.4 Å². The third kappa shape index (κ3) is 4.15. The zero-order valence-corrected chi connectivity index (χ0v) is 13.2. The van der Waals surface area contributed by atoms with Gasteiger partial charge in [0, 0.05) is 19.3 Å². The number of rotatable bonds is 7. The van der Waals surface area contributed by atoms with E-state index in [4.69, 9.17) is 10.5 Å². The van der Waals surface area contributed by atoms with Crippen molar-refractivity contribution >= 4 is 33.1 Å². The van der Waals surface area contributed by atoms with Gasteiger partial charge in [-0.05, 0) is 24.5 Å². The molecule has 114 valence electrons. The Bertz CT molecular complexity index is 610. The number of hydrogen-bond donors (Lipinski definition) is 2. The third-order valence-corrected chi connectivity index (χ3v) is 4.22. The highest BCUT2D eigenvalue weighted by atomic mass is 32.1. The number of nitrogen functional groups attached to an aromatic ring is 1. The summed E-state index contributed by atoms with van der Waals surface area (Å²) >= 11 is 1.36. The number of carbonyl (C=O) groups is 1. The van der Waals surface area contributed by atoms with E-state index in [2.05, 4.69) is 24.1 Å². The zero-order valence-electron chi connectivity index (χ0n) is 12.4. The van der Waals surface area contributed by atoms with Gasteiger partial charge in [-0.15, -0.1) is 11.3 Å². The number of ether oxygens (including phenoxy) is 1. The van der Waals surface area contributed by atoms with Crippen molar-refractivity contribution in [2.45, 2.75) is 20.3 Å². The van der Waals surface area contributed by atoms with E-state index >= 15 is 0 Å². The predicted octanol–water partition coefficient (Wildman–Crippen LogP) is 2.67. The van der Waals surface area contributed by atoms with Crippen LogP contribution in [-0.4, -0.2) is 30.6 Å². The molecule has 0 saturated carbocycles. The molecule has 1 amide bonds. The molecule has 21 heavy (non-hydrogen) atoms. The number of carbonyl (C=O) groups excluding carboxylic acids is 1. The second-order valence-corrected chi connectivity index (χ2v) is 6.30. The van der Waals surface area contributed by atoms with Crippen LogP contribution in [0.15, 0.2) is 18.3 Å². The van der Waals surface area contributed by atoms with Crippen LogP contribution in [0.5, 0.6) is 0 Å². The molecule has 5 nitrogen and oxygen atoms in total. The van der Waals surface area contributed by atoms with Gasteiger partial charge in [-0.25, -0.2) is 0 Å². The van der Waals surface area contributed by atoms with E-state index in [1.165, 1.54) is 11.3 Å². The van der Waals surface area contributed by atoms with Crippen molar-refractivity contribution in [2.75, 3.05) is 25.5 Å². The summed E-state index contributed by atoms with van der Waals surface area (Å²) in [5.74, 6) is 0.466. The zero-order chi connectivity index (χ0) is 15.2. The Morgan fingerprint density at radius 1 is 1.48 bits per heavy atom. The Hall–Kier alpha value is -1.66. The second-order valence-electron chi connectivity index (χ2n) is 5.25. The molecule has 0 aliphatic heterocycles. The SMILES string of the molecule is CC(C)CCOCCNC(=O)c1sc2cccnc2c1N. The van der Waals surface area contributed by atoms with Crippen LogP contribution < -0.4 is 11.1 Å². The number of hydrogen-bond acceptors (Lipinski definition) is 5. The van der Waals surface area contributed by atoms with E-state index in [-0.39, 0.29) is 5.91 Å². The molecule has 2 rings (SSSR count). The summed E-state index contributed by atoms with van der Waals surface area (Å²) in [4.78, 5) is 16.8. The van der Waals surface area contributed by atoms with Gasteiger partial charge in [0.2, 0.25) is 0 Å². The number of anilines is 1. The number of nitrogens with zero attached hydrogens (tertiary/aromatic N) is 1. The fraction of sp³-hybridized carbons (Fsp3) is 0.467. The molecule has 6 heteroatoms. The monoisotopic (exact) mass is 307 g/mol. The van der Waals surface area contributed by atoms with Crippen LogP contribution >= 0.6 is 11.3 Å². The lowest BCUT2D eigenvalue weighted by Crippen LogP contribution is -2.27. The smallest absolute Gasteiger partial charge is 0.263 e. The lowest BCUT2D eigenvalue weighted by atomic mass is 10.1. The number of thiophene rings is 1. The van der Waals surface area contributed by atoms with Crippen LogP contribution in [0, 0.1) is 5.92 Å². The van der Waals surface area contributed by atoms with Gasteiger partial charge in [-0.1, -0.05) is 13.8 Å². The summed E-state index contributed by atoms with van der Waals surface area (Å²) in [5, 5.41) is 2.83. The summed E-state index contributed by atoms with van der Waals surface area (Å²) in [6.07, 6.45) is 2.71. The third-order valence-electron chi connectivity index (χ3n) is 3.06. The van der Waals surface area contributed by atoms with E-state index in [1.807, 2.05) is 12.1 Å². The highest BCUT2D eigenvalue weighted by Crippen LogP contribution is 2.31. The molecule has 0 atom stereocenters. The molecule has 0 bridgehead atoms. The first-order chi connectivity index (χ1) is 10.1. The molecule has 2 aromatic rings. The van der Waals surface area contributed by atoms with Crippen molar-refractivity contribution in [1.29, 1.82) is 0 Å². The summed E-state index contributed by atoms with van der Waals surface area (Å²) in [5.41, 5.74) is 7.13. The number of aromatic nitrogens is 1. The van der Waals surface area contributed by atoms with E-state index in [1.54, 1.807) is 6.20 Å². The lowest BCUT2D eigenvalue weighted by Gasteiger charge is -2.07. The number of pyridine rings is 1. The maximum atomic E-state index is 12.1. The first-order valence-corrected chi connectivity index (χ1v) is 7.90. The normalized spacial score (nSPS) is 11.2. The number of amides is 1. The van der Waals surface area contributed by atoms with Gasteiger partial charge < -0.3 is 15.8 Å². The fourth-order valence-corrected chi connectivity index (χ4v) is 2.85. The Balaban J connectivity index is 1.84.